The van der Waals surface area contributed by atoms with Gasteiger partial charge in [-0.25, -0.2) is 0 Å². The first kappa shape index (κ1) is 21.7. The van der Waals surface area contributed by atoms with E-state index in [2.05, 4.69) is 144 Å². The summed E-state index contributed by atoms with van der Waals surface area (Å²) in [6.45, 7) is 4.74. The third-order valence-electron chi connectivity index (χ3n) is 8.84. The molecule has 0 bridgehead atoms. The van der Waals surface area contributed by atoms with Crippen LogP contribution in [-0.4, -0.2) is 4.57 Å². The number of aromatic nitrogens is 1. The van der Waals surface area contributed by atoms with Crippen molar-refractivity contribution in [3.8, 4) is 11.1 Å². The molecule has 8 rings (SSSR count). The van der Waals surface area contributed by atoms with Gasteiger partial charge in [0.2, 0.25) is 0 Å². The van der Waals surface area contributed by atoms with E-state index in [-0.39, 0.29) is 17.6 Å². The van der Waals surface area contributed by atoms with Crippen LogP contribution in [-0.2, 0) is 5.41 Å². The van der Waals surface area contributed by atoms with E-state index < -0.39 is 0 Å². The lowest BCUT2D eigenvalue weighted by molar-refractivity contribution is -0.639. The van der Waals surface area contributed by atoms with Crippen molar-refractivity contribution in [2.24, 2.45) is 0 Å². The predicted octanol–water partition coefficient (Wildman–Crippen LogP) is 7.66. The number of benzene rings is 5. The zero-order valence-electron chi connectivity index (χ0n) is 21.6. The molecule has 3 heteroatoms. The van der Waals surface area contributed by atoms with Crippen LogP contribution < -0.4 is 10.6 Å². The average molecular weight is 493 g/mol. The molecule has 1 aliphatic carbocycles. The molecule has 184 valence electrons. The molecular formula is C35H30N3+. The highest BCUT2D eigenvalue weighted by atomic mass is 15.3. The first-order valence-corrected chi connectivity index (χ1v) is 13.5. The second kappa shape index (κ2) is 7.83. The number of hydrogen-bond acceptors (Lipinski definition) is 1. The van der Waals surface area contributed by atoms with Crippen molar-refractivity contribution >= 4 is 33.2 Å². The topological polar surface area (TPSA) is 33.6 Å². The summed E-state index contributed by atoms with van der Waals surface area (Å²) < 4.78 is 2.63. The maximum Gasteiger partial charge on any atom is 0.195 e. The Hall–Kier alpha value is -4.34. The van der Waals surface area contributed by atoms with Gasteiger partial charge >= 0.3 is 0 Å². The standard InChI is InChI=1S/C35H29N3/c1-35(2)26-16-8-6-15-25(26)31-27(35)21-20-24-23-14-7-11-19-30(23)38(33(24)31)34-32(22-12-4-3-5-13-22)36-28-17-9-10-18-29(28)37-34/h3-21,32,34,36-37H,1-2H3/p+1. The van der Waals surface area contributed by atoms with Crippen LogP contribution in [0.5, 0.6) is 0 Å². The Bertz CT molecular complexity index is 1860. The van der Waals surface area contributed by atoms with Gasteiger partial charge in [0.25, 0.3) is 0 Å². The first-order valence-electron chi connectivity index (χ1n) is 13.5. The average Bonchev–Trinajstić information content (AvgIpc) is 3.42. The fraction of sp³-hybridized carbons (Fsp3) is 0.143. The minimum Gasteiger partial charge on any atom is -0.366 e. The van der Waals surface area contributed by atoms with E-state index in [0.29, 0.717) is 0 Å². The zero-order valence-corrected chi connectivity index (χ0v) is 21.6. The smallest absolute Gasteiger partial charge is 0.195 e. The first-order chi connectivity index (χ1) is 18.6. The van der Waals surface area contributed by atoms with E-state index in [9.17, 15) is 0 Å². The van der Waals surface area contributed by atoms with Crippen molar-refractivity contribution in [3.63, 3.8) is 0 Å². The fourth-order valence-electron chi connectivity index (χ4n) is 7.06. The van der Waals surface area contributed by atoms with Crippen LogP contribution in [0, 0.1) is 0 Å². The largest absolute Gasteiger partial charge is 0.366 e. The number of fused-ring (bicyclic) bond motifs is 8. The van der Waals surface area contributed by atoms with Gasteiger partial charge < -0.3 is 5.32 Å². The number of para-hydroxylation sites is 3. The van der Waals surface area contributed by atoms with E-state index in [1.54, 1.807) is 0 Å². The molecule has 6 aromatic rings. The molecule has 0 amide bonds. The molecule has 0 fully saturated rings. The van der Waals surface area contributed by atoms with Crippen molar-refractivity contribution in [3.05, 3.63) is 132 Å². The van der Waals surface area contributed by atoms with Crippen LogP contribution in [0.1, 0.15) is 42.7 Å². The number of nitrogens with one attached hydrogen (secondary N) is 1. The van der Waals surface area contributed by atoms with Gasteiger partial charge in [0.15, 0.2) is 11.9 Å². The zero-order chi connectivity index (χ0) is 25.4. The molecule has 2 unspecified atom stereocenters. The third-order valence-corrected chi connectivity index (χ3v) is 8.84. The second-order valence-electron chi connectivity index (χ2n) is 11.2. The highest BCUT2D eigenvalue weighted by molar-refractivity contribution is 6.14. The monoisotopic (exact) mass is 492 g/mol. The molecular weight excluding hydrogens is 462 g/mol. The normalized spacial score (nSPS) is 19.1. The molecule has 0 saturated carbocycles. The Kier molecular flexibility index (Phi) is 4.48. The molecule has 2 heterocycles. The summed E-state index contributed by atoms with van der Waals surface area (Å²) in [6, 6.07) is 42.4. The van der Waals surface area contributed by atoms with Crippen LogP contribution in [0.2, 0.25) is 0 Å². The highest BCUT2D eigenvalue weighted by Gasteiger charge is 2.40. The summed E-state index contributed by atoms with van der Waals surface area (Å²) in [5, 5.41) is 9.04. The maximum atomic E-state index is 3.93. The lowest BCUT2D eigenvalue weighted by Crippen LogP contribution is -2.84. The SMILES string of the molecule is CC1(C)c2ccccc2-c2c1ccc1c3ccccc3n(C3[NH2+]c4ccccc4NC3c3ccccc3)c21. The molecule has 2 aliphatic rings. The van der Waals surface area contributed by atoms with Crippen LogP contribution in [0.25, 0.3) is 32.9 Å². The van der Waals surface area contributed by atoms with Gasteiger partial charge in [0.1, 0.15) is 6.04 Å². The lowest BCUT2D eigenvalue weighted by Gasteiger charge is -2.34. The maximum absolute atomic E-state index is 3.93. The highest BCUT2D eigenvalue weighted by Crippen LogP contribution is 2.53. The fourth-order valence-corrected chi connectivity index (χ4v) is 7.06. The molecule has 0 spiro atoms. The summed E-state index contributed by atoms with van der Waals surface area (Å²) >= 11 is 0. The Balaban J connectivity index is 1.49. The van der Waals surface area contributed by atoms with E-state index in [0.717, 1.165) is 0 Å². The molecule has 5 aromatic carbocycles. The van der Waals surface area contributed by atoms with Crippen molar-refractivity contribution in [1.29, 1.82) is 0 Å². The van der Waals surface area contributed by atoms with Crippen molar-refractivity contribution in [1.82, 2.24) is 4.57 Å². The molecule has 3 N–H and O–H groups in total. The van der Waals surface area contributed by atoms with Gasteiger partial charge in [0, 0.05) is 27.8 Å². The molecule has 0 saturated heterocycles. The summed E-state index contributed by atoms with van der Waals surface area (Å²) in [4.78, 5) is 0. The summed E-state index contributed by atoms with van der Waals surface area (Å²) in [7, 11) is 0. The second-order valence-corrected chi connectivity index (χ2v) is 11.2. The van der Waals surface area contributed by atoms with E-state index >= 15 is 0 Å². The van der Waals surface area contributed by atoms with Crippen LogP contribution in [0.3, 0.4) is 0 Å². The number of anilines is 1. The van der Waals surface area contributed by atoms with Crippen LogP contribution >= 0.6 is 0 Å². The Morgan fingerprint density at radius 1 is 0.684 bits per heavy atom. The van der Waals surface area contributed by atoms with Crippen molar-refractivity contribution in [2.75, 3.05) is 5.32 Å². The van der Waals surface area contributed by atoms with Gasteiger partial charge in [-0.1, -0.05) is 111 Å². The van der Waals surface area contributed by atoms with Gasteiger partial charge in [-0.2, -0.15) is 0 Å². The number of nitrogens with zero attached hydrogens (tertiary/aromatic N) is 1. The Morgan fingerprint density at radius 2 is 1.42 bits per heavy atom. The molecule has 3 nitrogen and oxygen atoms in total. The van der Waals surface area contributed by atoms with E-state index in [1.807, 2.05) is 0 Å². The van der Waals surface area contributed by atoms with Crippen LogP contribution in [0.15, 0.2) is 115 Å². The lowest BCUT2D eigenvalue weighted by atomic mass is 9.82. The van der Waals surface area contributed by atoms with Crippen molar-refractivity contribution in [2.45, 2.75) is 31.5 Å². The van der Waals surface area contributed by atoms with Crippen molar-refractivity contribution < 1.29 is 5.32 Å². The molecule has 2 atom stereocenters. The molecule has 1 aromatic heterocycles. The minimum atomic E-state index is -0.0403. The Labute approximate surface area is 222 Å². The number of rotatable bonds is 2. The van der Waals surface area contributed by atoms with E-state index in [1.165, 1.54) is 61.0 Å². The summed E-state index contributed by atoms with van der Waals surface area (Å²) in [5.74, 6) is 0. The predicted molar refractivity (Wildman–Crippen MR) is 157 cm³/mol. The number of nitrogens with two attached hydrogens (primary N) is 1. The third kappa shape index (κ3) is 2.88. The minimum absolute atomic E-state index is 0.0403. The molecule has 1 aliphatic heterocycles. The number of hydrogen-bond donors (Lipinski definition) is 2. The van der Waals surface area contributed by atoms with Gasteiger partial charge in [-0.05, 0) is 34.4 Å². The summed E-state index contributed by atoms with van der Waals surface area (Å²) in [5.41, 5.74) is 11.9. The van der Waals surface area contributed by atoms with Crippen LogP contribution in [0.4, 0.5) is 11.4 Å². The number of quaternary nitrogens is 1. The molecule has 38 heavy (non-hydrogen) atoms. The van der Waals surface area contributed by atoms with Gasteiger partial charge in [-0.15, -0.1) is 0 Å². The molecule has 0 radical (unpaired) electrons. The Morgan fingerprint density at radius 3 is 2.32 bits per heavy atom. The quantitative estimate of drug-likeness (QED) is 0.239. The van der Waals surface area contributed by atoms with Gasteiger partial charge in [0.05, 0.1) is 16.7 Å². The van der Waals surface area contributed by atoms with E-state index in [4.69, 9.17) is 0 Å². The van der Waals surface area contributed by atoms with Gasteiger partial charge in [-0.3, -0.25) is 9.88 Å². The summed E-state index contributed by atoms with van der Waals surface area (Å²) in [6.07, 6.45) is 0.0945.